The van der Waals surface area contributed by atoms with Crippen LogP contribution in [0.1, 0.15) is 44.5 Å². The maximum atomic E-state index is 3.90. The van der Waals surface area contributed by atoms with Crippen LogP contribution in [0.15, 0.2) is 17.5 Å². The molecule has 0 bridgehead atoms. The molecule has 1 aromatic rings. The molecule has 2 unspecified atom stereocenters. The van der Waals surface area contributed by atoms with E-state index in [9.17, 15) is 0 Å². The van der Waals surface area contributed by atoms with E-state index in [4.69, 9.17) is 0 Å². The van der Waals surface area contributed by atoms with Crippen LogP contribution >= 0.6 is 11.3 Å². The van der Waals surface area contributed by atoms with E-state index >= 15 is 0 Å². The molecule has 2 atom stereocenters. The molecule has 2 heterocycles. The number of likely N-dealkylation sites (tertiary alicyclic amines) is 1. The van der Waals surface area contributed by atoms with Gasteiger partial charge in [0.1, 0.15) is 0 Å². The Labute approximate surface area is 122 Å². The third kappa shape index (κ3) is 4.04. The van der Waals surface area contributed by atoms with Gasteiger partial charge in [-0.15, -0.1) is 11.3 Å². The smallest absolute Gasteiger partial charge is 0.0440 e. The van der Waals surface area contributed by atoms with Gasteiger partial charge in [0.15, 0.2) is 0 Å². The molecule has 2 nitrogen and oxygen atoms in total. The molecule has 0 spiro atoms. The first-order chi connectivity index (χ1) is 9.08. The van der Waals surface area contributed by atoms with Gasteiger partial charge in [0.05, 0.1) is 0 Å². The summed E-state index contributed by atoms with van der Waals surface area (Å²) in [4.78, 5) is 3.93. The van der Waals surface area contributed by atoms with Gasteiger partial charge in [-0.3, -0.25) is 0 Å². The van der Waals surface area contributed by atoms with E-state index in [0.29, 0.717) is 18.0 Å². The van der Waals surface area contributed by atoms with Gasteiger partial charge in [-0.1, -0.05) is 19.9 Å². The molecule has 0 radical (unpaired) electrons. The molecule has 3 heteroatoms. The number of nitrogens with zero attached hydrogens (tertiary/aromatic N) is 1. The van der Waals surface area contributed by atoms with Crippen LogP contribution in [0, 0.1) is 11.8 Å². The van der Waals surface area contributed by atoms with Crippen LogP contribution < -0.4 is 5.32 Å². The zero-order valence-corrected chi connectivity index (χ0v) is 13.5. The second-order valence-corrected chi connectivity index (χ2v) is 7.31. The van der Waals surface area contributed by atoms with Crippen molar-refractivity contribution in [3.8, 4) is 0 Å². The van der Waals surface area contributed by atoms with Crippen molar-refractivity contribution in [2.75, 3.05) is 20.1 Å². The van der Waals surface area contributed by atoms with Crippen molar-refractivity contribution >= 4 is 11.3 Å². The van der Waals surface area contributed by atoms with E-state index in [1.165, 1.54) is 30.8 Å². The van der Waals surface area contributed by atoms with Crippen molar-refractivity contribution in [1.82, 2.24) is 10.2 Å². The lowest BCUT2D eigenvalue weighted by Crippen LogP contribution is -2.42. The fraction of sp³-hybridized carbons (Fsp3) is 0.750. The Morgan fingerprint density at radius 2 is 1.95 bits per heavy atom. The molecule has 1 aliphatic rings. The van der Waals surface area contributed by atoms with Crippen molar-refractivity contribution in [2.24, 2.45) is 11.8 Å². The van der Waals surface area contributed by atoms with E-state index in [1.54, 1.807) is 0 Å². The molecule has 0 aromatic carbocycles. The molecule has 1 N–H and O–H groups in total. The summed E-state index contributed by atoms with van der Waals surface area (Å²) in [5, 5.41) is 6.08. The molecule has 1 aliphatic heterocycles. The first kappa shape index (κ1) is 15.0. The predicted molar refractivity (Wildman–Crippen MR) is 84.7 cm³/mol. The van der Waals surface area contributed by atoms with Crippen molar-refractivity contribution in [3.05, 3.63) is 22.4 Å². The predicted octanol–water partition coefficient (Wildman–Crippen LogP) is 3.77. The lowest BCUT2D eigenvalue weighted by Gasteiger charge is -2.35. The highest BCUT2D eigenvalue weighted by molar-refractivity contribution is 7.10. The Kier molecular flexibility index (Phi) is 5.43. The third-order valence-corrected chi connectivity index (χ3v) is 5.38. The quantitative estimate of drug-likeness (QED) is 0.883. The van der Waals surface area contributed by atoms with Gasteiger partial charge >= 0.3 is 0 Å². The standard InChI is InChI=1S/C16H28N2S/c1-12(2)16(15-6-5-11-19-15)17-13(3)14-7-9-18(4)10-8-14/h5-6,11-14,16-17H,7-10H2,1-4H3. The Morgan fingerprint density at radius 1 is 1.26 bits per heavy atom. The minimum Gasteiger partial charge on any atom is -0.306 e. The topological polar surface area (TPSA) is 15.3 Å². The number of rotatable bonds is 5. The van der Waals surface area contributed by atoms with E-state index in [0.717, 1.165) is 5.92 Å². The number of hydrogen-bond acceptors (Lipinski definition) is 3. The van der Waals surface area contributed by atoms with Crippen LogP contribution in [0.25, 0.3) is 0 Å². The highest BCUT2D eigenvalue weighted by Gasteiger charge is 2.26. The van der Waals surface area contributed by atoms with E-state index < -0.39 is 0 Å². The molecule has 19 heavy (non-hydrogen) atoms. The van der Waals surface area contributed by atoms with E-state index in [2.05, 4.69) is 55.5 Å². The molecule has 1 fully saturated rings. The van der Waals surface area contributed by atoms with Crippen molar-refractivity contribution in [1.29, 1.82) is 0 Å². The molecule has 0 amide bonds. The minimum absolute atomic E-state index is 0.509. The summed E-state index contributed by atoms with van der Waals surface area (Å²) in [5.74, 6) is 1.48. The minimum atomic E-state index is 0.509. The average molecular weight is 280 g/mol. The second-order valence-electron chi connectivity index (χ2n) is 6.33. The van der Waals surface area contributed by atoms with Crippen LogP contribution in [-0.2, 0) is 0 Å². The van der Waals surface area contributed by atoms with E-state index in [-0.39, 0.29) is 0 Å². The summed E-state index contributed by atoms with van der Waals surface area (Å²) in [6.07, 6.45) is 2.67. The van der Waals surface area contributed by atoms with Gasteiger partial charge in [-0.2, -0.15) is 0 Å². The molecule has 108 valence electrons. The first-order valence-electron chi connectivity index (χ1n) is 7.56. The number of hydrogen-bond donors (Lipinski definition) is 1. The maximum Gasteiger partial charge on any atom is 0.0440 e. The molecular weight excluding hydrogens is 252 g/mol. The second kappa shape index (κ2) is 6.87. The Hall–Kier alpha value is -0.380. The van der Waals surface area contributed by atoms with Gasteiger partial charge < -0.3 is 10.2 Å². The van der Waals surface area contributed by atoms with Crippen molar-refractivity contribution in [2.45, 2.75) is 45.7 Å². The van der Waals surface area contributed by atoms with Crippen LogP contribution in [0.2, 0.25) is 0 Å². The summed E-state index contributed by atoms with van der Waals surface area (Å²) >= 11 is 1.88. The Morgan fingerprint density at radius 3 is 2.47 bits per heavy atom. The van der Waals surface area contributed by atoms with Crippen molar-refractivity contribution in [3.63, 3.8) is 0 Å². The lowest BCUT2D eigenvalue weighted by molar-refractivity contribution is 0.179. The Bertz CT molecular complexity index is 353. The fourth-order valence-corrected chi connectivity index (χ4v) is 3.98. The molecule has 0 saturated carbocycles. The average Bonchev–Trinajstić information content (AvgIpc) is 2.89. The van der Waals surface area contributed by atoms with Crippen LogP contribution in [0.4, 0.5) is 0 Å². The fourth-order valence-electron chi connectivity index (χ4n) is 3.02. The molecule has 0 aliphatic carbocycles. The highest BCUT2D eigenvalue weighted by Crippen LogP contribution is 2.28. The number of thiophene rings is 1. The molecule has 2 rings (SSSR count). The van der Waals surface area contributed by atoms with Gasteiger partial charge in [0.2, 0.25) is 0 Å². The highest BCUT2D eigenvalue weighted by atomic mass is 32.1. The van der Waals surface area contributed by atoms with Crippen molar-refractivity contribution < 1.29 is 0 Å². The monoisotopic (exact) mass is 280 g/mol. The molecular formula is C16H28N2S. The van der Waals surface area contributed by atoms with Gasteiger partial charge in [0, 0.05) is 17.0 Å². The van der Waals surface area contributed by atoms with Crippen LogP contribution in [0.3, 0.4) is 0 Å². The number of piperidine rings is 1. The molecule has 1 saturated heterocycles. The van der Waals surface area contributed by atoms with E-state index in [1.807, 2.05) is 11.3 Å². The van der Waals surface area contributed by atoms with Gasteiger partial charge in [0.25, 0.3) is 0 Å². The third-order valence-electron chi connectivity index (χ3n) is 4.43. The summed E-state index contributed by atoms with van der Waals surface area (Å²) in [6, 6.07) is 5.55. The van der Waals surface area contributed by atoms with Crippen LogP contribution in [0.5, 0.6) is 0 Å². The Balaban J connectivity index is 1.94. The van der Waals surface area contributed by atoms with Crippen LogP contribution in [-0.4, -0.2) is 31.1 Å². The maximum absolute atomic E-state index is 3.90. The molecule has 1 aromatic heterocycles. The summed E-state index contributed by atoms with van der Waals surface area (Å²) in [6.45, 7) is 9.51. The zero-order valence-electron chi connectivity index (χ0n) is 12.7. The summed E-state index contributed by atoms with van der Waals surface area (Å²) in [5.41, 5.74) is 0. The first-order valence-corrected chi connectivity index (χ1v) is 8.44. The normalized spacial score (nSPS) is 21.7. The SMILES string of the molecule is CC(C)C(NC(C)C1CCN(C)CC1)c1cccs1. The van der Waals surface area contributed by atoms with Gasteiger partial charge in [-0.25, -0.2) is 0 Å². The largest absolute Gasteiger partial charge is 0.306 e. The zero-order chi connectivity index (χ0) is 13.8. The number of nitrogens with one attached hydrogen (secondary N) is 1. The summed E-state index contributed by atoms with van der Waals surface area (Å²) in [7, 11) is 2.23. The van der Waals surface area contributed by atoms with Gasteiger partial charge in [-0.05, 0) is 63.2 Å². The summed E-state index contributed by atoms with van der Waals surface area (Å²) < 4.78 is 0. The lowest BCUT2D eigenvalue weighted by atomic mass is 9.89.